The van der Waals surface area contributed by atoms with E-state index in [1.54, 1.807) is 36.4 Å². The summed E-state index contributed by atoms with van der Waals surface area (Å²) in [5.74, 6) is -0.295. The molecule has 0 spiro atoms. The predicted octanol–water partition coefficient (Wildman–Crippen LogP) is 4.03. The van der Waals surface area contributed by atoms with Crippen molar-refractivity contribution in [1.82, 2.24) is 0 Å². The first-order valence-electron chi connectivity index (χ1n) is 7.44. The van der Waals surface area contributed by atoms with Gasteiger partial charge in [0.15, 0.2) is 6.61 Å². The van der Waals surface area contributed by atoms with Crippen LogP contribution in [0.4, 0.5) is 5.69 Å². The summed E-state index contributed by atoms with van der Waals surface area (Å²) < 4.78 is 11.3. The molecule has 0 fully saturated rings. The fraction of sp³-hybridized carbons (Fsp3) is 0.222. The van der Waals surface area contributed by atoms with Gasteiger partial charge in [-0.15, -0.1) is 0 Å². The molecule has 5 nitrogen and oxygen atoms in total. The second kappa shape index (κ2) is 8.49. The first kappa shape index (κ1) is 18.0. The molecule has 24 heavy (non-hydrogen) atoms. The average molecular weight is 392 g/mol. The van der Waals surface area contributed by atoms with Crippen molar-refractivity contribution in [3.05, 3.63) is 58.6 Å². The molecule has 0 saturated carbocycles. The number of halogens is 1. The molecule has 2 rings (SSSR count). The van der Waals surface area contributed by atoms with Crippen molar-refractivity contribution in [3.8, 4) is 5.75 Å². The molecule has 0 atom stereocenters. The zero-order valence-electron chi connectivity index (χ0n) is 13.4. The number of hydrogen-bond acceptors (Lipinski definition) is 4. The molecule has 2 aromatic rings. The first-order chi connectivity index (χ1) is 11.5. The Hall–Kier alpha value is -2.34. The third-order valence-electron chi connectivity index (χ3n) is 2.94. The number of amides is 1. The smallest absolute Gasteiger partial charge is 0.338 e. The normalized spacial score (nSPS) is 10.3. The van der Waals surface area contributed by atoms with Gasteiger partial charge in [0.05, 0.1) is 17.4 Å². The Bertz CT molecular complexity index is 713. The van der Waals surface area contributed by atoms with Gasteiger partial charge in [-0.3, -0.25) is 4.79 Å². The fourth-order valence-electron chi connectivity index (χ4n) is 1.91. The van der Waals surface area contributed by atoms with Gasteiger partial charge in [-0.25, -0.2) is 4.79 Å². The highest BCUT2D eigenvalue weighted by atomic mass is 79.9. The third kappa shape index (κ3) is 5.38. The van der Waals surface area contributed by atoms with Crippen molar-refractivity contribution in [2.45, 2.75) is 20.0 Å². The van der Waals surface area contributed by atoms with E-state index in [1.807, 2.05) is 26.0 Å². The predicted molar refractivity (Wildman–Crippen MR) is 95.3 cm³/mol. The van der Waals surface area contributed by atoms with Gasteiger partial charge in [-0.05, 0) is 66.2 Å². The lowest BCUT2D eigenvalue weighted by Gasteiger charge is -2.10. The Balaban J connectivity index is 1.86. The van der Waals surface area contributed by atoms with E-state index in [-0.39, 0.29) is 12.7 Å². The Morgan fingerprint density at radius 3 is 2.38 bits per heavy atom. The number of ether oxygens (including phenoxy) is 2. The van der Waals surface area contributed by atoms with Crippen LogP contribution >= 0.6 is 15.9 Å². The maximum atomic E-state index is 11.9. The number of rotatable bonds is 6. The van der Waals surface area contributed by atoms with Crippen LogP contribution in [0, 0.1) is 0 Å². The average Bonchev–Trinajstić information content (AvgIpc) is 2.55. The molecule has 126 valence electrons. The lowest BCUT2D eigenvalue weighted by atomic mass is 10.2. The lowest BCUT2D eigenvalue weighted by molar-refractivity contribution is -0.119. The van der Waals surface area contributed by atoms with E-state index < -0.39 is 11.9 Å². The Morgan fingerprint density at radius 1 is 1.08 bits per heavy atom. The van der Waals surface area contributed by atoms with Gasteiger partial charge in [-0.2, -0.15) is 0 Å². The van der Waals surface area contributed by atoms with Crippen molar-refractivity contribution < 1.29 is 19.1 Å². The number of carbonyl (C=O) groups is 2. The molecule has 0 heterocycles. The molecule has 6 heteroatoms. The Labute approximate surface area is 149 Å². The summed E-state index contributed by atoms with van der Waals surface area (Å²) in [7, 11) is 0. The molecule has 0 radical (unpaired) electrons. The van der Waals surface area contributed by atoms with Crippen molar-refractivity contribution in [1.29, 1.82) is 0 Å². The molecule has 0 bridgehead atoms. The van der Waals surface area contributed by atoms with E-state index in [0.717, 1.165) is 4.47 Å². The van der Waals surface area contributed by atoms with Crippen molar-refractivity contribution in [3.63, 3.8) is 0 Å². The van der Waals surface area contributed by atoms with Crippen LogP contribution in [0.3, 0.4) is 0 Å². The number of hydrogen-bond donors (Lipinski definition) is 1. The summed E-state index contributed by atoms with van der Waals surface area (Å²) in [5, 5.41) is 2.66. The number of para-hydroxylation sites is 1. The molecule has 0 unspecified atom stereocenters. The van der Waals surface area contributed by atoms with Gasteiger partial charge in [0, 0.05) is 4.47 Å². The Morgan fingerprint density at radius 2 is 1.75 bits per heavy atom. The number of benzene rings is 2. The van der Waals surface area contributed by atoms with Gasteiger partial charge in [-0.1, -0.05) is 12.1 Å². The highest BCUT2D eigenvalue weighted by molar-refractivity contribution is 9.10. The molecule has 0 aliphatic heterocycles. The minimum Gasteiger partial charge on any atom is -0.491 e. The molecule has 1 amide bonds. The molecule has 0 saturated heterocycles. The van der Waals surface area contributed by atoms with Crippen molar-refractivity contribution >= 4 is 33.5 Å². The van der Waals surface area contributed by atoms with Crippen LogP contribution in [0.2, 0.25) is 0 Å². The van der Waals surface area contributed by atoms with Crippen LogP contribution in [0.25, 0.3) is 0 Å². The van der Waals surface area contributed by atoms with Crippen LogP contribution < -0.4 is 10.1 Å². The summed E-state index contributed by atoms with van der Waals surface area (Å²) in [5.41, 5.74) is 0.980. The topological polar surface area (TPSA) is 64.6 Å². The zero-order valence-corrected chi connectivity index (χ0v) is 15.0. The van der Waals surface area contributed by atoms with Crippen molar-refractivity contribution in [2.24, 2.45) is 0 Å². The van der Waals surface area contributed by atoms with Crippen LogP contribution in [-0.4, -0.2) is 24.6 Å². The summed E-state index contributed by atoms with van der Waals surface area (Å²) in [6, 6.07) is 13.8. The van der Waals surface area contributed by atoms with Crippen LogP contribution in [0.5, 0.6) is 5.75 Å². The third-order valence-corrected chi connectivity index (χ3v) is 3.64. The number of carbonyl (C=O) groups excluding carboxylic acids is 2. The minimum absolute atomic E-state index is 0.0591. The largest absolute Gasteiger partial charge is 0.491 e. The van der Waals surface area contributed by atoms with Crippen LogP contribution in [0.1, 0.15) is 24.2 Å². The molecular formula is C18H18BrNO4. The van der Waals surface area contributed by atoms with Crippen LogP contribution in [0.15, 0.2) is 53.0 Å². The molecule has 2 aromatic carbocycles. The summed E-state index contributed by atoms with van der Waals surface area (Å²) in [6.07, 6.45) is 0.0591. The Kier molecular flexibility index (Phi) is 6.37. The minimum atomic E-state index is -0.562. The zero-order chi connectivity index (χ0) is 17.5. The van der Waals surface area contributed by atoms with E-state index in [9.17, 15) is 9.59 Å². The first-order valence-corrected chi connectivity index (χ1v) is 8.23. The molecule has 0 aromatic heterocycles. The number of esters is 1. The van der Waals surface area contributed by atoms with Gasteiger partial charge in [0.2, 0.25) is 0 Å². The van der Waals surface area contributed by atoms with Crippen molar-refractivity contribution in [2.75, 3.05) is 11.9 Å². The maximum Gasteiger partial charge on any atom is 0.338 e. The van der Waals surface area contributed by atoms with Crippen LogP contribution in [-0.2, 0) is 9.53 Å². The fourth-order valence-corrected chi connectivity index (χ4v) is 2.29. The van der Waals surface area contributed by atoms with E-state index >= 15 is 0 Å². The van der Waals surface area contributed by atoms with E-state index in [1.165, 1.54) is 0 Å². The standard InChI is InChI=1S/C18H18BrNO4/c1-12(2)24-14-9-7-13(8-10-14)18(22)23-11-17(21)20-16-6-4-3-5-15(16)19/h3-10,12H,11H2,1-2H3,(H,20,21). The summed E-state index contributed by atoms with van der Waals surface area (Å²) >= 11 is 3.33. The second-order valence-electron chi connectivity index (χ2n) is 5.30. The monoisotopic (exact) mass is 391 g/mol. The number of anilines is 1. The van der Waals surface area contributed by atoms with Gasteiger partial charge >= 0.3 is 5.97 Å². The SMILES string of the molecule is CC(C)Oc1ccc(C(=O)OCC(=O)Nc2ccccc2Br)cc1. The summed E-state index contributed by atoms with van der Waals surface area (Å²) in [4.78, 5) is 23.8. The molecule has 0 aliphatic carbocycles. The molecule has 1 N–H and O–H groups in total. The highest BCUT2D eigenvalue weighted by Crippen LogP contribution is 2.21. The van der Waals surface area contributed by atoms with E-state index in [2.05, 4.69) is 21.2 Å². The summed E-state index contributed by atoms with van der Waals surface area (Å²) in [6.45, 7) is 3.49. The van der Waals surface area contributed by atoms with Gasteiger partial charge < -0.3 is 14.8 Å². The highest BCUT2D eigenvalue weighted by Gasteiger charge is 2.11. The maximum absolute atomic E-state index is 11.9. The number of nitrogens with one attached hydrogen (secondary N) is 1. The van der Waals surface area contributed by atoms with Gasteiger partial charge in [0.25, 0.3) is 5.91 Å². The quantitative estimate of drug-likeness (QED) is 0.754. The van der Waals surface area contributed by atoms with E-state index in [4.69, 9.17) is 9.47 Å². The van der Waals surface area contributed by atoms with E-state index in [0.29, 0.717) is 17.0 Å². The molecular weight excluding hydrogens is 374 g/mol. The second-order valence-corrected chi connectivity index (χ2v) is 6.15. The molecule has 0 aliphatic rings. The lowest BCUT2D eigenvalue weighted by Crippen LogP contribution is -2.21. The van der Waals surface area contributed by atoms with Gasteiger partial charge in [0.1, 0.15) is 5.75 Å².